The summed E-state index contributed by atoms with van der Waals surface area (Å²) in [5, 5.41) is 10.9. The van der Waals surface area contributed by atoms with E-state index >= 15 is 0 Å². The number of imide groups is 1. The van der Waals surface area contributed by atoms with Gasteiger partial charge >= 0.3 is 0 Å². The van der Waals surface area contributed by atoms with Crippen LogP contribution in [0.3, 0.4) is 0 Å². The third-order valence-corrected chi connectivity index (χ3v) is 5.86. The van der Waals surface area contributed by atoms with Crippen LogP contribution in [-0.4, -0.2) is 43.7 Å². The summed E-state index contributed by atoms with van der Waals surface area (Å²) in [6.07, 6.45) is 4.09. The van der Waals surface area contributed by atoms with Gasteiger partial charge in [-0.05, 0) is 37.0 Å². The van der Waals surface area contributed by atoms with Crippen LogP contribution >= 0.6 is 0 Å². The van der Waals surface area contributed by atoms with Crippen molar-refractivity contribution in [1.82, 2.24) is 25.2 Å². The van der Waals surface area contributed by atoms with Crippen molar-refractivity contribution in [2.75, 3.05) is 0 Å². The van der Waals surface area contributed by atoms with Crippen LogP contribution in [0.2, 0.25) is 0 Å². The van der Waals surface area contributed by atoms with Gasteiger partial charge in [0.25, 0.3) is 5.91 Å². The molecule has 0 aliphatic carbocycles. The maximum absolute atomic E-state index is 13.0. The molecule has 5 rings (SSSR count). The number of nitrogens with one attached hydrogen (secondary N) is 1. The van der Waals surface area contributed by atoms with Crippen molar-refractivity contribution in [3.05, 3.63) is 77.1 Å². The molecule has 156 valence electrons. The summed E-state index contributed by atoms with van der Waals surface area (Å²) in [6.45, 7) is 0.301. The van der Waals surface area contributed by atoms with Gasteiger partial charge in [0.2, 0.25) is 11.8 Å². The van der Waals surface area contributed by atoms with Crippen LogP contribution in [-0.2, 0) is 29.0 Å². The molecule has 2 aliphatic heterocycles. The van der Waals surface area contributed by atoms with Gasteiger partial charge in [0, 0.05) is 24.1 Å². The van der Waals surface area contributed by atoms with Gasteiger partial charge in [-0.1, -0.05) is 41.6 Å². The van der Waals surface area contributed by atoms with Gasteiger partial charge in [0.15, 0.2) is 0 Å². The second kappa shape index (κ2) is 7.79. The van der Waals surface area contributed by atoms with Gasteiger partial charge in [-0.25, -0.2) is 4.68 Å². The quantitative estimate of drug-likeness (QED) is 0.641. The number of carbonyl (C=O) groups is 3. The van der Waals surface area contributed by atoms with Crippen molar-refractivity contribution in [2.45, 2.75) is 38.3 Å². The lowest BCUT2D eigenvalue weighted by Crippen LogP contribution is -2.52. The van der Waals surface area contributed by atoms with E-state index in [0.717, 1.165) is 29.8 Å². The van der Waals surface area contributed by atoms with E-state index in [4.69, 9.17) is 0 Å². The lowest BCUT2D eigenvalue weighted by Gasteiger charge is -2.29. The van der Waals surface area contributed by atoms with Crippen LogP contribution in [0.15, 0.2) is 54.7 Å². The fourth-order valence-electron chi connectivity index (χ4n) is 4.23. The summed E-state index contributed by atoms with van der Waals surface area (Å²) >= 11 is 0. The number of benzene rings is 2. The minimum atomic E-state index is -0.636. The Balaban J connectivity index is 1.37. The van der Waals surface area contributed by atoms with E-state index in [-0.39, 0.29) is 18.2 Å². The molecule has 0 spiro atoms. The van der Waals surface area contributed by atoms with Crippen LogP contribution < -0.4 is 5.32 Å². The number of hydrogen-bond acceptors (Lipinski definition) is 5. The molecule has 3 aromatic rings. The Hall–Kier alpha value is -3.81. The van der Waals surface area contributed by atoms with E-state index in [9.17, 15) is 14.4 Å². The highest BCUT2D eigenvalue weighted by Crippen LogP contribution is 2.31. The molecule has 8 heteroatoms. The zero-order chi connectivity index (χ0) is 21.4. The van der Waals surface area contributed by atoms with Gasteiger partial charge in [0.1, 0.15) is 6.04 Å². The lowest BCUT2D eigenvalue weighted by atomic mass is 10.0. The Morgan fingerprint density at radius 1 is 1.00 bits per heavy atom. The third-order valence-electron chi connectivity index (χ3n) is 5.86. The lowest BCUT2D eigenvalue weighted by molar-refractivity contribution is -0.136. The van der Waals surface area contributed by atoms with Crippen LogP contribution in [0.4, 0.5) is 0 Å². The first-order chi connectivity index (χ1) is 15.1. The first-order valence-electron chi connectivity index (χ1n) is 10.3. The predicted octanol–water partition coefficient (Wildman–Crippen LogP) is 1.81. The van der Waals surface area contributed by atoms with Crippen molar-refractivity contribution in [2.24, 2.45) is 0 Å². The Morgan fingerprint density at radius 2 is 1.84 bits per heavy atom. The highest BCUT2D eigenvalue weighted by molar-refractivity contribution is 6.05. The highest BCUT2D eigenvalue weighted by atomic mass is 16.2. The van der Waals surface area contributed by atoms with Crippen molar-refractivity contribution < 1.29 is 14.4 Å². The molecular weight excluding hydrogens is 394 g/mol. The summed E-state index contributed by atoms with van der Waals surface area (Å²) in [6, 6.07) is 15.0. The number of aromatic nitrogens is 3. The number of fused-ring (bicyclic) bond motifs is 1. The van der Waals surface area contributed by atoms with Crippen molar-refractivity contribution in [3.8, 4) is 5.69 Å². The molecule has 1 aromatic heterocycles. The van der Waals surface area contributed by atoms with E-state index < -0.39 is 11.9 Å². The van der Waals surface area contributed by atoms with Gasteiger partial charge in [-0.15, -0.1) is 5.10 Å². The molecule has 3 amide bonds. The third kappa shape index (κ3) is 3.61. The monoisotopic (exact) mass is 415 g/mol. The minimum Gasteiger partial charge on any atom is -0.322 e. The van der Waals surface area contributed by atoms with Gasteiger partial charge in [-0.2, -0.15) is 0 Å². The number of nitrogens with zero attached hydrogens (tertiary/aromatic N) is 4. The Bertz CT molecular complexity index is 1170. The second-order valence-corrected chi connectivity index (χ2v) is 7.84. The molecule has 31 heavy (non-hydrogen) atoms. The second-order valence-electron chi connectivity index (χ2n) is 7.84. The maximum atomic E-state index is 13.0. The fraction of sp³-hybridized carbons (Fsp3) is 0.261. The Labute approximate surface area is 178 Å². The molecule has 1 fully saturated rings. The van der Waals surface area contributed by atoms with E-state index in [0.29, 0.717) is 18.5 Å². The summed E-state index contributed by atoms with van der Waals surface area (Å²) in [5.41, 5.74) is 4.26. The molecule has 1 unspecified atom stereocenters. The molecular formula is C23H21N5O3. The van der Waals surface area contributed by atoms with Crippen LogP contribution in [0, 0.1) is 0 Å². The summed E-state index contributed by atoms with van der Waals surface area (Å²) in [5.74, 6) is -0.907. The molecule has 2 aromatic carbocycles. The highest BCUT2D eigenvalue weighted by Gasteiger charge is 2.40. The van der Waals surface area contributed by atoms with Crippen molar-refractivity contribution in [1.29, 1.82) is 0 Å². The van der Waals surface area contributed by atoms with Gasteiger partial charge in [0.05, 0.1) is 17.6 Å². The average Bonchev–Trinajstić information content (AvgIpc) is 3.38. The van der Waals surface area contributed by atoms with Crippen molar-refractivity contribution >= 4 is 17.7 Å². The summed E-state index contributed by atoms with van der Waals surface area (Å²) in [4.78, 5) is 38.3. The van der Waals surface area contributed by atoms with Gasteiger partial charge < -0.3 is 4.90 Å². The smallest absolute Gasteiger partial charge is 0.255 e. The number of amides is 3. The van der Waals surface area contributed by atoms with Crippen molar-refractivity contribution in [3.63, 3.8) is 0 Å². The van der Waals surface area contributed by atoms with Gasteiger partial charge in [-0.3, -0.25) is 19.7 Å². The maximum Gasteiger partial charge on any atom is 0.255 e. The number of carbonyl (C=O) groups excluding carboxylic acids is 3. The van der Waals surface area contributed by atoms with E-state index in [1.165, 1.54) is 5.56 Å². The standard InChI is InChI=1S/C23H21N5O3/c29-21-12-11-20(22(30)24-21)27-14-18-17(23(27)31)7-4-8-19(18)28-13-16(25-26-28)10-9-15-5-2-1-3-6-15/h1-8,13,20H,9-12,14H2,(H,24,29,30). The van der Waals surface area contributed by atoms with Crippen LogP contribution in [0.1, 0.15) is 40.0 Å². The number of hydrogen-bond donors (Lipinski definition) is 1. The predicted molar refractivity (Wildman–Crippen MR) is 111 cm³/mol. The topological polar surface area (TPSA) is 97.2 Å². The molecule has 0 radical (unpaired) electrons. The summed E-state index contributed by atoms with van der Waals surface area (Å²) in [7, 11) is 0. The normalized spacial score (nSPS) is 18.3. The SMILES string of the molecule is O=C1CCC(N2Cc3c(cccc3-n3cc(CCc4ccccc4)nn3)C2=O)C(=O)N1. The number of rotatable bonds is 5. The zero-order valence-corrected chi connectivity index (χ0v) is 16.8. The van der Waals surface area contributed by atoms with Crippen LogP contribution in [0.25, 0.3) is 5.69 Å². The molecule has 3 heterocycles. The molecule has 0 saturated carbocycles. The first-order valence-corrected chi connectivity index (χ1v) is 10.3. The number of piperidine rings is 1. The molecule has 1 atom stereocenters. The molecule has 1 saturated heterocycles. The Kier molecular flexibility index (Phi) is 4.82. The zero-order valence-electron chi connectivity index (χ0n) is 16.8. The largest absolute Gasteiger partial charge is 0.322 e. The van der Waals surface area contributed by atoms with Crippen LogP contribution in [0.5, 0.6) is 0 Å². The molecule has 2 aliphatic rings. The van der Waals surface area contributed by atoms with E-state index in [1.54, 1.807) is 15.6 Å². The molecule has 1 N–H and O–H groups in total. The average molecular weight is 415 g/mol. The Morgan fingerprint density at radius 3 is 2.65 bits per heavy atom. The van der Waals surface area contributed by atoms with E-state index in [1.807, 2.05) is 36.5 Å². The van der Waals surface area contributed by atoms with E-state index in [2.05, 4.69) is 27.8 Å². The fourth-order valence-corrected chi connectivity index (χ4v) is 4.23. The number of aryl methyl sites for hydroxylation is 2. The molecule has 8 nitrogen and oxygen atoms in total. The molecule has 0 bridgehead atoms. The minimum absolute atomic E-state index is 0.198. The summed E-state index contributed by atoms with van der Waals surface area (Å²) < 4.78 is 1.69. The first kappa shape index (κ1) is 19.2.